The van der Waals surface area contributed by atoms with Crippen molar-refractivity contribution in [3.05, 3.63) is 87.7 Å². The highest BCUT2D eigenvalue weighted by Gasteiger charge is 2.19. The van der Waals surface area contributed by atoms with Gasteiger partial charge in [-0.2, -0.15) is 0 Å². The smallest absolute Gasteiger partial charge is 0.272 e. The van der Waals surface area contributed by atoms with Crippen molar-refractivity contribution < 1.29 is 9.21 Å². The minimum Gasteiger partial charge on any atom is -0.460 e. The third-order valence-electron chi connectivity index (χ3n) is 4.51. The van der Waals surface area contributed by atoms with E-state index >= 15 is 0 Å². The fraction of sp³-hybridized carbons (Fsp3) is 0.136. The lowest BCUT2D eigenvalue weighted by Gasteiger charge is -2.11. The summed E-state index contributed by atoms with van der Waals surface area (Å²) in [6.45, 7) is 4.52. The molecule has 2 heterocycles. The number of anilines is 1. The molecule has 0 aliphatic carbocycles. The summed E-state index contributed by atoms with van der Waals surface area (Å²) in [7, 11) is 0. The molecule has 5 heteroatoms. The Bertz CT molecular complexity index is 1110. The Labute approximate surface area is 165 Å². The summed E-state index contributed by atoms with van der Waals surface area (Å²) < 4.78 is 8.78. The lowest BCUT2D eigenvalue weighted by molar-refractivity contribution is 0.101. The average molecular weight is 423 g/mol. The van der Waals surface area contributed by atoms with Gasteiger partial charge in [0.05, 0.1) is 5.52 Å². The van der Waals surface area contributed by atoms with Gasteiger partial charge < -0.3 is 14.3 Å². The summed E-state index contributed by atoms with van der Waals surface area (Å²) >= 11 is 3.46. The number of benzene rings is 2. The Balaban J connectivity index is 1.70. The van der Waals surface area contributed by atoms with Crippen molar-refractivity contribution in [2.45, 2.75) is 20.4 Å². The topological polar surface area (TPSA) is 47.2 Å². The molecular weight excluding hydrogens is 404 g/mol. The number of nitrogens with zero attached hydrogens (tertiary/aromatic N) is 1. The highest BCUT2D eigenvalue weighted by Crippen LogP contribution is 2.26. The minimum absolute atomic E-state index is 0.153. The normalized spacial score (nSPS) is 11.1. The zero-order valence-corrected chi connectivity index (χ0v) is 16.7. The molecule has 2 aromatic heterocycles. The summed E-state index contributed by atoms with van der Waals surface area (Å²) in [5.41, 5.74) is 5.25. The van der Waals surface area contributed by atoms with E-state index in [-0.39, 0.29) is 5.91 Å². The van der Waals surface area contributed by atoms with E-state index in [1.54, 1.807) is 0 Å². The molecule has 0 bridgehead atoms. The summed E-state index contributed by atoms with van der Waals surface area (Å²) in [5.74, 6) is 0.676. The first-order valence-electron chi connectivity index (χ1n) is 8.72. The number of carbonyl (C=O) groups excluding carboxylic acids is 1. The molecule has 4 aromatic rings. The van der Waals surface area contributed by atoms with Gasteiger partial charge in [0.25, 0.3) is 5.91 Å². The van der Waals surface area contributed by atoms with E-state index in [2.05, 4.69) is 21.2 Å². The average Bonchev–Trinajstić information content (AvgIpc) is 3.16. The molecule has 0 aliphatic rings. The van der Waals surface area contributed by atoms with Gasteiger partial charge >= 0.3 is 0 Å². The predicted molar refractivity (Wildman–Crippen MR) is 111 cm³/mol. The number of fused-ring (bicyclic) bond motifs is 1. The molecule has 0 fully saturated rings. The van der Waals surface area contributed by atoms with Crippen LogP contribution < -0.4 is 5.32 Å². The number of amides is 1. The van der Waals surface area contributed by atoms with Crippen LogP contribution in [0.25, 0.3) is 11.1 Å². The molecule has 136 valence electrons. The maximum absolute atomic E-state index is 12.9. The lowest BCUT2D eigenvalue weighted by atomic mass is 10.2. The third-order valence-corrected chi connectivity index (χ3v) is 5.04. The van der Waals surface area contributed by atoms with Crippen LogP contribution in [0.2, 0.25) is 0 Å². The van der Waals surface area contributed by atoms with Gasteiger partial charge in [0, 0.05) is 28.8 Å². The second-order valence-electron chi connectivity index (χ2n) is 6.67. The summed E-state index contributed by atoms with van der Waals surface area (Å²) in [6, 6.07) is 19.6. The van der Waals surface area contributed by atoms with E-state index < -0.39 is 0 Å². The molecule has 0 unspecified atom stereocenters. The number of carbonyl (C=O) groups is 1. The van der Waals surface area contributed by atoms with Crippen molar-refractivity contribution >= 4 is 38.6 Å². The van der Waals surface area contributed by atoms with E-state index in [9.17, 15) is 4.79 Å². The Hall–Kier alpha value is -2.79. The van der Waals surface area contributed by atoms with Gasteiger partial charge in [0.1, 0.15) is 11.5 Å². The lowest BCUT2D eigenvalue weighted by Crippen LogP contribution is -2.17. The van der Waals surface area contributed by atoms with Gasteiger partial charge in [-0.05, 0) is 43.7 Å². The molecule has 2 aromatic carbocycles. The van der Waals surface area contributed by atoms with E-state index in [0.29, 0.717) is 12.2 Å². The van der Waals surface area contributed by atoms with Crippen LogP contribution in [0.15, 0.2) is 69.6 Å². The molecule has 0 spiro atoms. The molecule has 0 radical (unpaired) electrons. The number of aromatic nitrogens is 1. The number of hydrogen-bond acceptors (Lipinski definition) is 2. The SMILES string of the molecule is Cc1ccc(NC(=O)c2cc3oc(C)cc3n2Cc2ccc(Br)cc2)cc1. The zero-order chi connectivity index (χ0) is 19.0. The molecule has 1 N–H and O–H groups in total. The maximum Gasteiger partial charge on any atom is 0.272 e. The van der Waals surface area contributed by atoms with Crippen molar-refractivity contribution in [1.29, 1.82) is 0 Å². The van der Waals surface area contributed by atoms with Gasteiger partial charge in [-0.1, -0.05) is 45.8 Å². The second-order valence-corrected chi connectivity index (χ2v) is 7.58. The quantitative estimate of drug-likeness (QED) is 0.443. The fourth-order valence-corrected chi connectivity index (χ4v) is 3.39. The highest BCUT2D eigenvalue weighted by atomic mass is 79.9. The molecule has 0 atom stereocenters. The van der Waals surface area contributed by atoms with Crippen LogP contribution in [-0.4, -0.2) is 10.5 Å². The van der Waals surface area contributed by atoms with Crippen LogP contribution >= 0.6 is 15.9 Å². The zero-order valence-electron chi connectivity index (χ0n) is 15.1. The number of hydrogen-bond donors (Lipinski definition) is 1. The van der Waals surface area contributed by atoms with Crippen LogP contribution in [-0.2, 0) is 6.54 Å². The van der Waals surface area contributed by atoms with Gasteiger partial charge in [-0.25, -0.2) is 0 Å². The van der Waals surface area contributed by atoms with Crippen molar-refractivity contribution in [3.63, 3.8) is 0 Å². The van der Waals surface area contributed by atoms with E-state index in [0.717, 1.165) is 38.1 Å². The minimum atomic E-state index is -0.153. The van der Waals surface area contributed by atoms with E-state index in [1.807, 2.05) is 79.1 Å². The van der Waals surface area contributed by atoms with Gasteiger partial charge in [0.15, 0.2) is 5.58 Å². The molecule has 1 amide bonds. The van der Waals surface area contributed by atoms with Gasteiger partial charge in [0.2, 0.25) is 0 Å². The van der Waals surface area contributed by atoms with Crippen LogP contribution in [0, 0.1) is 13.8 Å². The second kappa shape index (κ2) is 7.08. The van der Waals surface area contributed by atoms with Crippen molar-refractivity contribution in [1.82, 2.24) is 4.57 Å². The number of furan rings is 1. The van der Waals surface area contributed by atoms with Crippen LogP contribution in [0.5, 0.6) is 0 Å². The summed E-state index contributed by atoms with van der Waals surface area (Å²) in [6.07, 6.45) is 0. The fourth-order valence-electron chi connectivity index (χ4n) is 3.13. The number of aryl methyl sites for hydroxylation is 2. The first-order valence-corrected chi connectivity index (χ1v) is 9.51. The number of rotatable bonds is 4. The monoisotopic (exact) mass is 422 g/mol. The first-order chi connectivity index (χ1) is 13.0. The van der Waals surface area contributed by atoms with Gasteiger partial charge in [-0.3, -0.25) is 4.79 Å². The molecule has 0 saturated carbocycles. The maximum atomic E-state index is 12.9. The predicted octanol–water partition coefficient (Wildman–Crippen LogP) is 5.91. The van der Waals surface area contributed by atoms with Crippen LogP contribution in [0.3, 0.4) is 0 Å². The molecule has 4 nitrogen and oxygen atoms in total. The van der Waals surface area contributed by atoms with Crippen molar-refractivity contribution in [2.75, 3.05) is 5.32 Å². The van der Waals surface area contributed by atoms with Crippen LogP contribution in [0.1, 0.15) is 27.4 Å². The highest BCUT2D eigenvalue weighted by molar-refractivity contribution is 9.10. The molecular formula is C22H19BrN2O2. The summed E-state index contributed by atoms with van der Waals surface area (Å²) in [4.78, 5) is 12.9. The Kier molecular flexibility index (Phi) is 4.62. The standard InChI is InChI=1S/C22H19BrN2O2/c1-14-3-9-18(10-4-14)24-22(26)20-12-21-19(11-15(2)27-21)25(20)13-16-5-7-17(23)8-6-16/h3-12H,13H2,1-2H3,(H,24,26). The van der Waals surface area contributed by atoms with E-state index in [4.69, 9.17) is 4.42 Å². The Morgan fingerprint density at radius 3 is 2.44 bits per heavy atom. The Morgan fingerprint density at radius 1 is 1.04 bits per heavy atom. The summed E-state index contributed by atoms with van der Waals surface area (Å²) in [5, 5.41) is 2.98. The molecule has 4 rings (SSSR count). The largest absolute Gasteiger partial charge is 0.460 e. The van der Waals surface area contributed by atoms with Gasteiger partial charge in [-0.15, -0.1) is 0 Å². The van der Waals surface area contributed by atoms with E-state index in [1.165, 1.54) is 0 Å². The number of nitrogens with one attached hydrogen (secondary N) is 1. The van der Waals surface area contributed by atoms with Crippen molar-refractivity contribution in [2.24, 2.45) is 0 Å². The first kappa shape index (κ1) is 17.6. The number of halogens is 1. The Morgan fingerprint density at radius 2 is 1.74 bits per heavy atom. The third kappa shape index (κ3) is 3.69. The van der Waals surface area contributed by atoms with Crippen molar-refractivity contribution in [3.8, 4) is 0 Å². The van der Waals surface area contributed by atoms with Crippen LogP contribution in [0.4, 0.5) is 5.69 Å². The molecule has 0 aliphatic heterocycles. The molecule has 0 saturated heterocycles. The molecule has 27 heavy (non-hydrogen) atoms.